The third-order valence-electron chi connectivity index (χ3n) is 3.63. The van der Waals surface area contributed by atoms with Gasteiger partial charge in [-0.25, -0.2) is 0 Å². The predicted octanol–water partition coefficient (Wildman–Crippen LogP) is -0.758. The molecule has 0 aromatic rings. The van der Waals surface area contributed by atoms with Crippen molar-refractivity contribution in [3.63, 3.8) is 0 Å². The van der Waals surface area contributed by atoms with E-state index in [4.69, 9.17) is 9.47 Å². The summed E-state index contributed by atoms with van der Waals surface area (Å²) in [6.45, 7) is 9.34. The normalized spacial score (nSPS) is 25.8. The van der Waals surface area contributed by atoms with Crippen molar-refractivity contribution in [3.8, 4) is 11.8 Å². The van der Waals surface area contributed by atoms with E-state index in [1.54, 1.807) is 7.11 Å². The summed E-state index contributed by atoms with van der Waals surface area (Å²) >= 11 is 0. The van der Waals surface area contributed by atoms with Gasteiger partial charge in [-0.05, 0) is 0 Å². The number of hydrogen-bond acceptors (Lipinski definition) is 5. The Kier molecular flexibility index (Phi) is 6.62. The van der Waals surface area contributed by atoms with Gasteiger partial charge >= 0.3 is 0 Å². The van der Waals surface area contributed by atoms with E-state index >= 15 is 0 Å². The summed E-state index contributed by atoms with van der Waals surface area (Å²) in [5.74, 6) is 6.58. The van der Waals surface area contributed by atoms with Crippen LogP contribution in [0.2, 0.25) is 0 Å². The minimum Gasteiger partial charge on any atom is -0.383 e. The molecule has 5 nitrogen and oxygen atoms in total. The summed E-state index contributed by atoms with van der Waals surface area (Å²) in [5.41, 5.74) is 0. The molecule has 2 rings (SSSR count). The lowest BCUT2D eigenvalue weighted by Gasteiger charge is -2.33. The fourth-order valence-corrected chi connectivity index (χ4v) is 2.44. The van der Waals surface area contributed by atoms with Crippen molar-refractivity contribution in [2.45, 2.75) is 6.04 Å². The van der Waals surface area contributed by atoms with Crippen molar-refractivity contribution in [2.75, 3.05) is 72.7 Å². The van der Waals surface area contributed by atoms with Gasteiger partial charge in [-0.3, -0.25) is 9.80 Å². The van der Waals surface area contributed by atoms with Gasteiger partial charge in [0.1, 0.15) is 0 Å². The summed E-state index contributed by atoms with van der Waals surface area (Å²) in [7, 11) is 1.74. The Morgan fingerprint density at radius 2 is 2.00 bits per heavy atom. The van der Waals surface area contributed by atoms with Crippen molar-refractivity contribution in [1.82, 2.24) is 15.1 Å². The molecule has 0 aromatic heterocycles. The molecule has 0 saturated carbocycles. The van der Waals surface area contributed by atoms with Crippen molar-refractivity contribution in [2.24, 2.45) is 0 Å². The van der Waals surface area contributed by atoms with E-state index in [1.165, 1.54) is 0 Å². The number of ether oxygens (including phenoxy) is 2. The lowest BCUT2D eigenvalue weighted by Crippen LogP contribution is -2.47. The summed E-state index contributed by atoms with van der Waals surface area (Å²) in [6, 6.07) is 0.354. The number of hydrogen-bond donors (Lipinski definition) is 1. The van der Waals surface area contributed by atoms with Crippen molar-refractivity contribution >= 4 is 0 Å². The zero-order valence-electron chi connectivity index (χ0n) is 11.9. The Balaban J connectivity index is 1.70. The zero-order chi connectivity index (χ0) is 13.3. The average Bonchev–Trinajstić information content (AvgIpc) is 2.47. The minimum absolute atomic E-state index is 0.354. The molecule has 2 aliphatic rings. The number of piperazine rings is 1. The van der Waals surface area contributed by atoms with Gasteiger partial charge in [0.2, 0.25) is 0 Å². The lowest BCUT2D eigenvalue weighted by atomic mass is 10.2. The molecule has 0 aliphatic carbocycles. The molecule has 1 atom stereocenters. The van der Waals surface area contributed by atoms with Crippen LogP contribution >= 0.6 is 0 Å². The molecular formula is C14H25N3O2. The highest BCUT2D eigenvalue weighted by Gasteiger charge is 2.21. The standard InChI is InChI=1S/C14H25N3O2/c1-18-12-14-13-19-11-10-17(14)7-3-2-6-16-8-4-15-5-9-16/h14-15H,4-13H2,1H3/t14-/m0/s1. The number of morpholine rings is 1. The van der Waals surface area contributed by atoms with Gasteiger partial charge in [0.15, 0.2) is 0 Å². The summed E-state index contributed by atoms with van der Waals surface area (Å²) in [5, 5.41) is 3.35. The Hall–Kier alpha value is -0.640. The molecule has 108 valence electrons. The first kappa shape index (κ1) is 14.8. The molecule has 19 heavy (non-hydrogen) atoms. The second-order valence-electron chi connectivity index (χ2n) is 5.03. The second kappa shape index (κ2) is 8.51. The van der Waals surface area contributed by atoms with Crippen molar-refractivity contribution in [1.29, 1.82) is 0 Å². The Morgan fingerprint density at radius 1 is 1.21 bits per heavy atom. The van der Waals surface area contributed by atoms with Crippen LogP contribution in [0.3, 0.4) is 0 Å². The van der Waals surface area contributed by atoms with Gasteiger partial charge in [0, 0.05) is 39.8 Å². The topological polar surface area (TPSA) is 37.0 Å². The molecule has 2 heterocycles. The number of nitrogens with zero attached hydrogens (tertiary/aromatic N) is 2. The van der Waals surface area contributed by atoms with E-state index in [0.29, 0.717) is 6.04 Å². The zero-order valence-corrected chi connectivity index (χ0v) is 11.9. The average molecular weight is 267 g/mol. The predicted molar refractivity (Wildman–Crippen MR) is 75.1 cm³/mol. The highest BCUT2D eigenvalue weighted by Crippen LogP contribution is 2.06. The van der Waals surface area contributed by atoms with Gasteiger partial charge in [-0.15, -0.1) is 0 Å². The van der Waals surface area contributed by atoms with E-state index < -0.39 is 0 Å². The highest BCUT2D eigenvalue weighted by molar-refractivity contribution is 5.04. The fourth-order valence-electron chi connectivity index (χ4n) is 2.44. The smallest absolute Gasteiger partial charge is 0.0645 e. The van der Waals surface area contributed by atoms with Crippen LogP contribution in [-0.4, -0.2) is 88.6 Å². The molecule has 0 unspecified atom stereocenters. The molecule has 2 aliphatic heterocycles. The van der Waals surface area contributed by atoms with E-state index in [-0.39, 0.29) is 0 Å². The van der Waals surface area contributed by atoms with E-state index in [1.807, 2.05) is 0 Å². The van der Waals surface area contributed by atoms with Gasteiger partial charge in [-0.2, -0.15) is 0 Å². The van der Waals surface area contributed by atoms with E-state index in [2.05, 4.69) is 27.0 Å². The van der Waals surface area contributed by atoms with Gasteiger partial charge in [-0.1, -0.05) is 11.8 Å². The van der Waals surface area contributed by atoms with E-state index in [0.717, 1.165) is 65.6 Å². The van der Waals surface area contributed by atoms with Crippen molar-refractivity contribution in [3.05, 3.63) is 0 Å². The first-order chi connectivity index (χ1) is 9.40. The molecule has 0 aromatic carbocycles. The van der Waals surface area contributed by atoms with Crippen LogP contribution in [0.5, 0.6) is 0 Å². The van der Waals surface area contributed by atoms with Crippen LogP contribution in [0.25, 0.3) is 0 Å². The first-order valence-electron chi connectivity index (χ1n) is 7.09. The van der Waals surface area contributed by atoms with Crippen LogP contribution in [0.15, 0.2) is 0 Å². The monoisotopic (exact) mass is 267 g/mol. The first-order valence-corrected chi connectivity index (χ1v) is 7.09. The Morgan fingerprint density at radius 3 is 2.79 bits per heavy atom. The summed E-state index contributed by atoms with van der Waals surface area (Å²) < 4.78 is 10.7. The molecule has 0 bridgehead atoms. The third-order valence-corrected chi connectivity index (χ3v) is 3.63. The number of rotatable bonds is 4. The van der Waals surface area contributed by atoms with E-state index in [9.17, 15) is 0 Å². The molecule has 1 N–H and O–H groups in total. The maximum Gasteiger partial charge on any atom is 0.0645 e. The molecule has 0 amide bonds. The molecular weight excluding hydrogens is 242 g/mol. The van der Waals surface area contributed by atoms with Crippen LogP contribution < -0.4 is 5.32 Å². The molecule has 2 saturated heterocycles. The van der Waals surface area contributed by atoms with Gasteiger partial charge < -0.3 is 14.8 Å². The Bertz CT molecular complexity index is 306. The Labute approximate surface area is 116 Å². The quantitative estimate of drug-likeness (QED) is 0.678. The third kappa shape index (κ3) is 5.09. The number of nitrogens with one attached hydrogen (secondary N) is 1. The minimum atomic E-state index is 0.354. The molecule has 5 heteroatoms. The summed E-state index contributed by atoms with van der Waals surface area (Å²) in [6.07, 6.45) is 0. The van der Waals surface area contributed by atoms with Crippen LogP contribution in [0, 0.1) is 11.8 Å². The molecule has 0 radical (unpaired) electrons. The highest BCUT2D eigenvalue weighted by atomic mass is 16.5. The largest absolute Gasteiger partial charge is 0.383 e. The van der Waals surface area contributed by atoms with Gasteiger partial charge in [0.05, 0.1) is 39.0 Å². The van der Waals surface area contributed by atoms with Gasteiger partial charge in [0.25, 0.3) is 0 Å². The number of methoxy groups -OCH3 is 1. The van der Waals surface area contributed by atoms with Crippen LogP contribution in [0.1, 0.15) is 0 Å². The SMILES string of the molecule is COC[C@H]1COCCN1CC#CCN1CCNCC1. The summed E-state index contributed by atoms with van der Waals surface area (Å²) in [4.78, 5) is 4.76. The van der Waals surface area contributed by atoms with Crippen LogP contribution in [-0.2, 0) is 9.47 Å². The van der Waals surface area contributed by atoms with Crippen molar-refractivity contribution < 1.29 is 9.47 Å². The van der Waals surface area contributed by atoms with Crippen LogP contribution in [0.4, 0.5) is 0 Å². The molecule has 2 fully saturated rings. The fraction of sp³-hybridized carbons (Fsp3) is 0.857. The maximum absolute atomic E-state index is 5.48. The maximum atomic E-state index is 5.48. The lowest BCUT2D eigenvalue weighted by molar-refractivity contribution is -0.0290. The second-order valence-corrected chi connectivity index (χ2v) is 5.03. The molecule has 0 spiro atoms.